The standard InChI is InChI=1S/C12H16N4O/c1-12(2,16-7-3-4-8-16)11(17)13-9-10-5-6-14-15-10/h3-8H,9H2,1-2H3,(H,13,17)(H,14,15). The zero-order chi connectivity index (χ0) is 12.3. The van der Waals surface area contributed by atoms with Gasteiger partial charge in [-0.1, -0.05) is 0 Å². The van der Waals surface area contributed by atoms with Gasteiger partial charge in [-0.2, -0.15) is 5.10 Å². The van der Waals surface area contributed by atoms with E-state index >= 15 is 0 Å². The van der Waals surface area contributed by atoms with Crippen molar-refractivity contribution in [1.82, 2.24) is 20.1 Å². The van der Waals surface area contributed by atoms with Gasteiger partial charge in [0.15, 0.2) is 0 Å². The number of carbonyl (C=O) groups excluding carboxylic acids is 1. The van der Waals surface area contributed by atoms with Gasteiger partial charge < -0.3 is 9.88 Å². The first-order valence-electron chi connectivity index (χ1n) is 5.51. The summed E-state index contributed by atoms with van der Waals surface area (Å²) in [4.78, 5) is 12.1. The zero-order valence-electron chi connectivity index (χ0n) is 9.97. The molecule has 5 heteroatoms. The summed E-state index contributed by atoms with van der Waals surface area (Å²) >= 11 is 0. The molecule has 0 aliphatic heterocycles. The Morgan fingerprint density at radius 3 is 2.76 bits per heavy atom. The van der Waals surface area contributed by atoms with Crippen LogP contribution in [0.4, 0.5) is 0 Å². The number of aromatic nitrogens is 3. The molecule has 0 radical (unpaired) electrons. The fraction of sp³-hybridized carbons (Fsp3) is 0.333. The minimum absolute atomic E-state index is 0.0247. The first-order chi connectivity index (χ1) is 8.10. The lowest BCUT2D eigenvalue weighted by molar-refractivity contribution is -0.128. The van der Waals surface area contributed by atoms with Crippen molar-refractivity contribution >= 4 is 5.91 Å². The first kappa shape index (κ1) is 11.4. The van der Waals surface area contributed by atoms with Gasteiger partial charge in [0.2, 0.25) is 5.91 Å². The molecule has 0 aromatic carbocycles. The fourth-order valence-electron chi connectivity index (χ4n) is 1.60. The molecule has 5 nitrogen and oxygen atoms in total. The minimum Gasteiger partial charge on any atom is -0.348 e. The van der Waals surface area contributed by atoms with E-state index in [2.05, 4.69) is 15.5 Å². The van der Waals surface area contributed by atoms with E-state index in [0.29, 0.717) is 6.54 Å². The Labute approximate surface area is 99.8 Å². The lowest BCUT2D eigenvalue weighted by atomic mass is 10.0. The van der Waals surface area contributed by atoms with E-state index in [9.17, 15) is 4.79 Å². The summed E-state index contributed by atoms with van der Waals surface area (Å²) in [5.41, 5.74) is 0.297. The van der Waals surface area contributed by atoms with Crippen molar-refractivity contribution in [2.45, 2.75) is 25.9 Å². The quantitative estimate of drug-likeness (QED) is 0.833. The Morgan fingerprint density at radius 1 is 1.47 bits per heavy atom. The Bertz CT molecular complexity index is 471. The van der Waals surface area contributed by atoms with E-state index in [-0.39, 0.29) is 5.91 Å². The van der Waals surface area contributed by atoms with E-state index in [4.69, 9.17) is 0 Å². The van der Waals surface area contributed by atoms with Crippen molar-refractivity contribution in [2.24, 2.45) is 0 Å². The molecule has 2 aromatic rings. The average Bonchev–Trinajstić information content (AvgIpc) is 2.98. The van der Waals surface area contributed by atoms with Gasteiger partial charge >= 0.3 is 0 Å². The van der Waals surface area contributed by atoms with Gasteiger partial charge in [-0.3, -0.25) is 9.89 Å². The Balaban J connectivity index is 2.00. The monoisotopic (exact) mass is 232 g/mol. The van der Waals surface area contributed by atoms with Gasteiger partial charge in [0.25, 0.3) is 0 Å². The predicted octanol–water partition coefficient (Wildman–Crippen LogP) is 1.26. The summed E-state index contributed by atoms with van der Waals surface area (Å²) in [6.07, 6.45) is 5.43. The number of H-pyrrole nitrogens is 1. The third-order valence-corrected chi connectivity index (χ3v) is 2.80. The van der Waals surface area contributed by atoms with Crippen molar-refractivity contribution in [3.63, 3.8) is 0 Å². The molecule has 17 heavy (non-hydrogen) atoms. The van der Waals surface area contributed by atoms with E-state index in [1.807, 2.05) is 49.0 Å². The van der Waals surface area contributed by atoms with Crippen molar-refractivity contribution in [3.8, 4) is 0 Å². The Kier molecular flexibility index (Phi) is 2.99. The number of hydrogen-bond donors (Lipinski definition) is 2. The van der Waals surface area contributed by atoms with Gasteiger partial charge in [-0.25, -0.2) is 0 Å². The summed E-state index contributed by atoms with van der Waals surface area (Å²) < 4.78 is 1.88. The largest absolute Gasteiger partial charge is 0.348 e. The van der Waals surface area contributed by atoms with Gasteiger partial charge in [0, 0.05) is 18.6 Å². The highest BCUT2D eigenvalue weighted by Crippen LogP contribution is 2.15. The molecule has 2 rings (SSSR count). The molecule has 0 bridgehead atoms. The number of rotatable bonds is 4. The molecular weight excluding hydrogens is 216 g/mol. The summed E-state index contributed by atoms with van der Waals surface area (Å²) in [7, 11) is 0. The number of amides is 1. The van der Waals surface area contributed by atoms with Crippen LogP contribution in [0.2, 0.25) is 0 Å². The van der Waals surface area contributed by atoms with E-state index in [1.165, 1.54) is 0 Å². The summed E-state index contributed by atoms with van der Waals surface area (Å²) in [5, 5.41) is 9.52. The van der Waals surface area contributed by atoms with Crippen molar-refractivity contribution in [2.75, 3.05) is 0 Å². The third kappa shape index (κ3) is 2.38. The highest BCUT2D eigenvalue weighted by Gasteiger charge is 2.28. The second-order valence-electron chi connectivity index (χ2n) is 4.41. The lowest BCUT2D eigenvalue weighted by Gasteiger charge is -2.25. The smallest absolute Gasteiger partial charge is 0.245 e. The third-order valence-electron chi connectivity index (χ3n) is 2.80. The van der Waals surface area contributed by atoms with Crippen molar-refractivity contribution < 1.29 is 4.79 Å². The molecule has 0 fully saturated rings. The molecule has 0 unspecified atom stereocenters. The highest BCUT2D eigenvalue weighted by atomic mass is 16.2. The lowest BCUT2D eigenvalue weighted by Crippen LogP contribution is -2.43. The van der Waals surface area contributed by atoms with E-state index < -0.39 is 5.54 Å². The first-order valence-corrected chi connectivity index (χ1v) is 5.51. The molecule has 1 amide bonds. The number of aromatic amines is 1. The van der Waals surface area contributed by atoms with Crippen LogP contribution in [0.1, 0.15) is 19.5 Å². The molecule has 0 saturated carbocycles. The van der Waals surface area contributed by atoms with Crippen LogP contribution in [-0.4, -0.2) is 20.7 Å². The van der Waals surface area contributed by atoms with Crippen LogP contribution >= 0.6 is 0 Å². The maximum Gasteiger partial charge on any atom is 0.245 e. The van der Waals surface area contributed by atoms with Gasteiger partial charge in [0.1, 0.15) is 5.54 Å². The van der Waals surface area contributed by atoms with Crippen LogP contribution in [0.25, 0.3) is 0 Å². The zero-order valence-corrected chi connectivity index (χ0v) is 9.97. The van der Waals surface area contributed by atoms with E-state index in [0.717, 1.165) is 5.69 Å². The van der Waals surface area contributed by atoms with Crippen LogP contribution in [0, 0.1) is 0 Å². The topological polar surface area (TPSA) is 62.7 Å². The van der Waals surface area contributed by atoms with E-state index in [1.54, 1.807) is 6.20 Å². The maximum absolute atomic E-state index is 12.1. The summed E-state index contributed by atoms with van der Waals surface area (Å²) in [6.45, 7) is 4.23. The predicted molar refractivity (Wildman–Crippen MR) is 64.2 cm³/mol. The second-order valence-corrected chi connectivity index (χ2v) is 4.41. The number of nitrogens with zero attached hydrogens (tertiary/aromatic N) is 2. The molecule has 90 valence electrons. The van der Waals surface area contributed by atoms with Gasteiger partial charge in [-0.05, 0) is 32.0 Å². The fourth-order valence-corrected chi connectivity index (χ4v) is 1.60. The summed E-state index contributed by atoms with van der Waals surface area (Å²) in [6, 6.07) is 5.65. The normalized spacial score (nSPS) is 11.4. The molecule has 0 aliphatic carbocycles. The molecule has 2 heterocycles. The van der Waals surface area contributed by atoms with Crippen LogP contribution in [0.15, 0.2) is 36.8 Å². The number of carbonyl (C=O) groups is 1. The SMILES string of the molecule is CC(C)(C(=O)NCc1ccn[nH]1)n1cccc1. The molecule has 0 atom stereocenters. The highest BCUT2D eigenvalue weighted by molar-refractivity contribution is 5.83. The molecule has 0 spiro atoms. The Hall–Kier alpha value is -2.04. The molecule has 2 N–H and O–H groups in total. The molecule has 2 aromatic heterocycles. The molecule has 0 saturated heterocycles. The van der Waals surface area contributed by atoms with Crippen LogP contribution in [0.3, 0.4) is 0 Å². The van der Waals surface area contributed by atoms with Gasteiger partial charge in [-0.15, -0.1) is 0 Å². The summed E-state index contributed by atoms with van der Waals surface area (Å²) in [5.74, 6) is -0.0247. The maximum atomic E-state index is 12.1. The second kappa shape index (κ2) is 4.45. The number of nitrogens with one attached hydrogen (secondary N) is 2. The minimum atomic E-state index is -0.594. The Morgan fingerprint density at radius 2 is 2.18 bits per heavy atom. The van der Waals surface area contributed by atoms with Crippen LogP contribution in [0.5, 0.6) is 0 Å². The number of hydrogen-bond acceptors (Lipinski definition) is 2. The van der Waals surface area contributed by atoms with Crippen LogP contribution in [-0.2, 0) is 16.9 Å². The molecular formula is C12H16N4O. The molecule has 0 aliphatic rings. The van der Waals surface area contributed by atoms with Crippen molar-refractivity contribution in [1.29, 1.82) is 0 Å². The van der Waals surface area contributed by atoms with Crippen LogP contribution < -0.4 is 5.32 Å². The van der Waals surface area contributed by atoms with Gasteiger partial charge in [0.05, 0.1) is 12.2 Å². The average molecular weight is 232 g/mol. The van der Waals surface area contributed by atoms with Crippen molar-refractivity contribution in [3.05, 3.63) is 42.5 Å².